The zero-order chi connectivity index (χ0) is 12.8. The van der Waals surface area contributed by atoms with Crippen molar-refractivity contribution < 1.29 is 4.79 Å². The van der Waals surface area contributed by atoms with Gasteiger partial charge in [0.25, 0.3) is 0 Å². The average Bonchev–Trinajstić information content (AvgIpc) is 2.40. The molecule has 1 aromatic rings. The van der Waals surface area contributed by atoms with Crippen molar-refractivity contribution in [2.75, 3.05) is 32.7 Å². The quantitative estimate of drug-likeness (QED) is 0.872. The Bertz CT molecular complexity index is 405. The van der Waals surface area contributed by atoms with Gasteiger partial charge in [-0.25, -0.2) is 4.79 Å². The third kappa shape index (κ3) is 3.89. The molecule has 2 amide bonds. The van der Waals surface area contributed by atoms with E-state index in [9.17, 15) is 4.79 Å². The second-order valence-electron chi connectivity index (χ2n) is 4.35. The van der Waals surface area contributed by atoms with Crippen molar-refractivity contribution in [3.8, 4) is 0 Å². The van der Waals surface area contributed by atoms with E-state index >= 15 is 0 Å². The molecule has 0 radical (unpaired) electrons. The molecular formula is C13H18ClN3O. The van der Waals surface area contributed by atoms with Gasteiger partial charge in [0.2, 0.25) is 0 Å². The summed E-state index contributed by atoms with van der Waals surface area (Å²) in [6.07, 6.45) is 0.804. The van der Waals surface area contributed by atoms with Gasteiger partial charge >= 0.3 is 6.03 Å². The van der Waals surface area contributed by atoms with Gasteiger partial charge in [0.1, 0.15) is 0 Å². The summed E-state index contributed by atoms with van der Waals surface area (Å²) in [6, 6.07) is 7.75. The number of carbonyl (C=O) groups is 1. The van der Waals surface area contributed by atoms with Crippen molar-refractivity contribution in [2.24, 2.45) is 0 Å². The molecule has 1 fully saturated rings. The van der Waals surface area contributed by atoms with Gasteiger partial charge in [0.05, 0.1) is 0 Å². The van der Waals surface area contributed by atoms with E-state index < -0.39 is 0 Å². The molecule has 0 atom stereocenters. The molecule has 18 heavy (non-hydrogen) atoms. The Hall–Kier alpha value is -1.26. The molecule has 0 unspecified atom stereocenters. The first-order valence-electron chi connectivity index (χ1n) is 6.23. The number of rotatable bonds is 3. The number of hydrogen-bond acceptors (Lipinski definition) is 2. The minimum atomic E-state index is 0.0264. The van der Waals surface area contributed by atoms with E-state index in [1.54, 1.807) is 0 Å². The molecule has 4 nitrogen and oxygen atoms in total. The van der Waals surface area contributed by atoms with Crippen molar-refractivity contribution in [3.63, 3.8) is 0 Å². The van der Waals surface area contributed by atoms with Gasteiger partial charge in [-0.2, -0.15) is 0 Å². The SMILES string of the molecule is O=C(NCCc1cccc(Cl)c1)N1CCNCC1. The Morgan fingerprint density at radius 3 is 2.89 bits per heavy atom. The molecule has 5 heteroatoms. The van der Waals surface area contributed by atoms with Gasteiger partial charge in [-0.15, -0.1) is 0 Å². The predicted octanol–water partition coefficient (Wildman–Crippen LogP) is 1.50. The predicted molar refractivity (Wildman–Crippen MR) is 73.0 cm³/mol. The molecule has 0 aromatic heterocycles. The first-order valence-corrected chi connectivity index (χ1v) is 6.61. The zero-order valence-corrected chi connectivity index (χ0v) is 11.0. The van der Waals surface area contributed by atoms with Crippen molar-refractivity contribution in [1.29, 1.82) is 0 Å². The Balaban J connectivity index is 1.73. The molecule has 0 bridgehead atoms. The van der Waals surface area contributed by atoms with E-state index in [0.29, 0.717) is 6.54 Å². The number of carbonyl (C=O) groups excluding carboxylic acids is 1. The number of halogens is 1. The number of benzene rings is 1. The fourth-order valence-corrected chi connectivity index (χ4v) is 2.20. The molecule has 2 rings (SSSR count). The van der Waals surface area contributed by atoms with Crippen LogP contribution in [0.3, 0.4) is 0 Å². The maximum Gasteiger partial charge on any atom is 0.317 e. The Morgan fingerprint density at radius 1 is 1.39 bits per heavy atom. The van der Waals surface area contributed by atoms with Crippen molar-refractivity contribution in [1.82, 2.24) is 15.5 Å². The monoisotopic (exact) mass is 267 g/mol. The van der Waals surface area contributed by atoms with Crippen LogP contribution in [0.5, 0.6) is 0 Å². The van der Waals surface area contributed by atoms with Crippen molar-refractivity contribution in [3.05, 3.63) is 34.9 Å². The average molecular weight is 268 g/mol. The van der Waals surface area contributed by atoms with Crippen LogP contribution in [0.1, 0.15) is 5.56 Å². The smallest absolute Gasteiger partial charge is 0.317 e. The summed E-state index contributed by atoms with van der Waals surface area (Å²) < 4.78 is 0. The molecule has 0 saturated carbocycles. The molecule has 1 aromatic carbocycles. The highest BCUT2D eigenvalue weighted by atomic mass is 35.5. The lowest BCUT2D eigenvalue weighted by atomic mass is 10.1. The normalized spacial score (nSPS) is 15.5. The molecule has 0 aliphatic carbocycles. The second-order valence-corrected chi connectivity index (χ2v) is 4.79. The number of nitrogens with zero attached hydrogens (tertiary/aromatic N) is 1. The van der Waals surface area contributed by atoms with Gasteiger partial charge in [0.15, 0.2) is 0 Å². The zero-order valence-electron chi connectivity index (χ0n) is 10.3. The van der Waals surface area contributed by atoms with Gasteiger partial charge in [0, 0.05) is 37.7 Å². The Morgan fingerprint density at radius 2 is 2.17 bits per heavy atom. The van der Waals surface area contributed by atoms with Crippen LogP contribution in [-0.2, 0) is 6.42 Å². The number of urea groups is 1. The summed E-state index contributed by atoms with van der Waals surface area (Å²) in [5.74, 6) is 0. The topological polar surface area (TPSA) is 44.4 Å². The van der Waals surface area contributed by atoms with E-state index in [1.165, 1.54) is 0 Å². The van der Waals surface area contributed by atoms with Crippen molar-refractivity contribution in [2.45, 2.75) is 6.42 Å². The van der Waals surface area contributed by atoms with Gasteiger partial charge < -0.3 is 15.5 Å². The first kappa shape index (κ1) is 13.2. The lowest BCUT2D eigenvalue weighted by molar-refractivity contribution is 0.190. The highest BCUT2D eigenvalue weighted by Crippen LogP contribution is 2.10. The van der Waals surface area contributed by atoms with Crippen LogP contribution in [0.25, 0.3) is 0 Å². The first-order chi connectivity index (χ1) is 8.75. The van der Waals surface area contributed by atoms with E-state index in [2.05, 4.69) is 10.6 Å². The summed E-state index contributed by atoms with van der Waals surface area (Å²) >= 11 is 5.91. The summed E-state index contributed by atoms with van der Waals surface area (Å²) in [7, 11) is 0. The number of piperazine rings is 1. The standard InChI is InChI=1S/C13H18ClN3O/c14-12-3-1-2-11(10-12)4-5-16-13(18)17-8-6-15-7-9-17/h1-3,10,15H,4-9H2,(H,16,18). The van der Waals surface area contributed by atoms with Crippen LogP contribution in [0.4, 0.5) is 4.79 Å². The van der Waals surface area contributed by atoms with Crippen LogP contribution < -0.4 is 10.6 Å². The summed E-state index contributed by atoms with van der Waals surface area (Å²) in [5.41, 5.74) is 1.14. The fourth-order valence-electron chi connectivity index (χ4n) is 1.99. The highest BCUT2D eigenvalue weighted by molar-refractivity contribution is 6.30. The van der Waals surface area contributed by atoms with E-state index in [1.807, 2.05) is 29.2 Å². The highest BCUT2D eigenvalue weighted by Gasteiger charge is 2.14. The minimum absolute atomic E-state index is 0.0264. The molecule has 1 heterocycles. The van der Waals surface area contributed by atoms with Crippen LogP contribution in [0.2, 0.25) is 5.02 Å². The van der Waals surface area contributed by atoms with Gasteiger partial charge in [-0.1, -0.05) is 23.7 Å². The Labute approximate surface area is 112 Å². The van der Waals surface area contributed by atoms with Crippen LogP contribution in [0.15, 0.2) is 24.3 Å². The maximum atomic E-state index is 11.8. The molecule has 1 aliphatic heterocycles. The van der Waals surface area contributed by atoms with Crippen LogP contribution in [0, 0.1) is 0 Å². The number of amides is 2. The molecule has 1 saturated heterocycles. The molecule has 0 spiro atoms. The van der Waals surface area contributed by atoms with E-state index in [0.717, 1.165) is 43.2 Å². The van der Waals surface area contributed by atoms with Crippen LogP contribution >= 0.6 is 11.6 Å². The summed E-state index contributed by atoms with van der Waals surface area (Å²) in [4.78, 5) is 13.7. The van der Waals surface area contributed by atoms with E-state index in [4.69, 9.17) is 11.6 Å². The lowest BCUT2D eigenvalue weighted by Gasteiger charge is -2.27. The Kier molecular flexibility index (Phi) is 4.84. The van der Waals surface area contributed by atoms with E-state index in [-0.39, 0.29) is 6.03 Å². The molecule has 1 aliphatic rings. The molecule has 98 valence electrons. The fraction of sp³-hybridized carbons (Fsp3) is 0.462. The van der Waals surface area contributed by atoms with Gasteiger partial charge in [-0.3, -0.25) is 0 Å². The summed E-state index contributed by atoms with van der Waals surface area (Å²) in [6.45, 7) is 3.96. The minimum Gasteiger partial charge on any atom is -0.338 e. The largest absolute Gasteiger partial charge is 0.338 e. The third-order valence-corrected chi connectivity index (χ3v) is 3.22. The molecule has 2 N–H and O–H groups in total. The number of hydrogen-bond donors (Lipinski definition) is 2. The van der Waals surface area contributed by atoms with Crippen LogP contribution in [-0.4, -0.2) is 43.7 Å². The summed E-state index contributed by atoms with van der Waals surface area (Å²) in [5, 5.41) is 6.89. The molecular weight excluding hydrogens is 250 g/mol. The lowest BCUT2D eigenvalue weighted by Crippen LogP contribution is -2.50. The second kappa shape index (κ2) is 6.61. The third-order valence-electron chi connectivity index (χ3n) is 2.98. The maximum absolute atomic E-state index is 11.8. The number of nitrogens with one attached hydrogen (secondary N) is 2. The van der Waals surface area contributed by atoms with Crippen molar-refractivity contribution >= 4 is 17.6 Å². The van der Waals surface area contributed by atoms with Gasteiger partial charge in [-0.05, 0) is 24.1 Å².